The lowest BCUT2D eigenvalue weighted by molar-refractivity contribution is 0.447. The number of para-hydroxylation sites is 1. The van der Waals surface area contributed by atoms with Crippen LogP contribution in [0.3, 0.4) is 0 Å². The van der Waals surface area contributed by atoms with E-state index in [-0.39, 0.29) is 5.41 Å². The molecule has 15 rings (SSSR count). The van der Waals surface area contributed by atoms with Gasteiger partial charge in [0.05, 0.1) is 11.1 Å². The molecule has 12 aromatic rings. The van der Waals surface area contributed by atoms with E-state index in [1.807, 2.05) is 12.1 Å². The van der Waals surface area contributed by atoms with Crippen LogP contribution in [-0.4, -0.2) is 0 Å². The highest BCUT2D eigenvalue weighted by molar-refractivity contribution is 6.07. The molecule has 2 aliphatic carbocycles. The Balaban J connectivity index is 0.969. The number of anilines is 3. The molecule has 0 saturated heterocycles. The van der Waals surface area contributed by atoms with Crippen LogP contribution in [0.25, 0.3) is 76.9 Å². The molecule has 0 atom stereocenters. The Bertz CT molecular complexity index is 4070. The Kier molecular flexibility index (Phi) is 7.77. The van der Waals surface area contributed by atoms with Crippen molar-refractivity contribution in [1.29, 1.82) is 0 Å². The van der Waals surface area contributed by atoms with Crippen LogP contribution in [0.15, 0.2) is 229 Å². The van der Waals surface area contributed by atoms with Crippen LogP contribution in [0.2, 0.25) is 0 Å². The Labute approximate surface area is 400 Å². The van der Waals surface area contributed by atoms with Crippen LogP contribution in [0.1, 0.15) is 47.2 Å². The molecule has 0 amide bonds. The smallest absolute Gasteiger partial charge is 0.140 e. The van der Waals surface area contributed by atoms with Crippen molar-refractivity contribution in [3.63, 3.8) is 0 Å². The van der Waals surface area contributed by atoms with Crippen LogP contribution >= 0.6 is 0 Å². The fourth-order valence-electron chi connectivity index (χ4n) is 12.6. The molecular formula is C66H43NO2. The van der Waals surface area contributed by atoms with Crippen LogP contribution in [-0.2, 0) is 10.8 Å². The zero-order chi connectivity index (χ0) is 45.6. The first kappa shape index (κ1) is 38.4. The molecule has 1 aromatic heterocycles. The molecular weight excluding hydrogens is 839 g/mol. The lowest BCUT2D eigenvalue weighted by Crippen LogP contribution is -2.32. The first-order valence-corrected chi connectivity index (χ1v) is 24.0. The molecule has 11 aromatic carbocycles. The quantitative estimate of drug-likeness (QED) is 0.176. The number of rotatable bonds is 4. The molecule has 1 aliphatic heterocycles. The fourth-order valence-corrected chi connectivity index (χ4v) is 12.6. The summed E-state index contributed by atoms with van der Waals surface area (Å²) in [5.74, 6) is 1.85. The summed E-state index contributed by atoms with van der Waals surface area (Å²) in [5, 5.41) is 6.81. The summed E-state index contributed by atoms with van der Waals surface area (Å²) in [7, 11) is 0. The molecule has 0 bridgehead atoms. The van der Waals surface area contributed by atoms with Gasteiger partial charge in [-0.05, 0) is 109 Å². The van der Waals surface area contributed by atoms with Crippen molar-refractivity contribution >= 4 is 60.5 Å². The maximum Gasteiger partial charge on any atom is 0.140 e. The van der Waals surface area contributed by atoms with Gasteiger partial charge in [-0.1, -0.05) is 190 Å². The Morgan fingerprint density at radius 1 is 0.362 bits per heavy atom. The third-order valence-corrected chi connectivity index (χ3v) is 15.7. The predicted octanol–water partition coefficient (Wildman–Crippen LogP) is 17.8. The molecule has 69 heavy (non-hydrogen) atoms. The summed E-state index contributed by atoms with van der Waals surface area (Å²) in [4.78, 5) is 2.49. The SMILES string of the molecule is CC1(C)c2ccccc2-c2c(N(c3ccc(-c4ccc5oc6ccccc6c5c4)cc3)c3ccc4c(c3)-c3ccccc3C43c4ccc5ccccc5c4Oc4c3ccc3ccccc43)cccc21. The zero-order valence-corrected chi connectivity index (χ0v) is 38.1. The average molecular weight is 882 g/mol. The number of ether oxygens (including phenoxy) is 1. The molecule has 0 radical (unpaired) electrons. The van der Waals surface area contributed by atoms with E-state index in [9.17, 15) is 0 Å². The molecule has 3 heteroatoms. The van der Waals surface area contributed by atoms with Crippen LogP contribution in [0, 0.1) is 0 Å². The van der Waals surface area contributed by atoms with Crippen molar-refractivity contribution in [2.75, 3.05) is 4.90 Å². The standard InChI is InChI=1S/C66H43NO2/c1-65(2)53-21-10-8-20-50(53)62-56(65)23-13-24-59(62)67(44-31-26-40(27-32-44)43-30-37-61-52(38-43)49-19-9-12-25-60(49)68-61)45-33-36-55-51(39-45)48-18-7-11-22-54(48)66(55)57-34-28-41-14-3-5-16-46(41)63(57)69-64-47-17-6-4-15-42(47)29-35-58(64)66/h3-39H,1-2H3. The lowest BCUT2D eigenvalue weighted by Gasteiger charge is -2.40. The summed E-state index contributed by atoms with van der Waals surface area (Å²) in [6.45, 7) is 4.73. The maximum absolute atomic E-state index is 7.25. The van der Waals surface area contributed by atoms with Gasteiger partial charge in [-0.2, -0.15) is 0 Å². The van der Waals surface area contributed by atoms with E-state index in [1.165, 1.54) is 44.5 Å². The molecule has 1 spiro atoms. The van der Waals surface area contributed by atoms with Gasteiger partial charge in [0.1, 0.15) is 22.7 Å². The van der Waals surface area contributed by atoms with Gasteiger partial charge in [0.15, 0.2) is 0 Å². The van der Waals surface area contributed by atoms with E-state index < -0.39 is 5.41 Å². The minimum Gasteiger partial charge on any atom is -0.456 e. The molecule has 3 nitrogen and oxygen atoms in total. The highest BCUT2D eigenvalue weighted by Gasteiger charge is 2.52. The fraction of sp³-hybridized carbons (Fsp3) is 0.0606. The number of hydrogen-bond acceptors (Lipinski definition) is 3. The second kappa shape index (κ2) is 13.9. The van der Waals surface area contributed by atoms with Crippen molar-refractivity contribution in [3.8, 4) is 44.9 Å². The van der Waals surface area contributed by atoms with E-state index in [0.29, 0.717) is 0 Å². The van der Waals surface area contributed by atoms with Gasteiger partial charge in [0.25, 0.3) is 0 Å². The predicted molar refractivity (Wildman–Crippen MR) is 284 cm³/mol. The van der Waals surface area contributed by atoms with Crippen molar-refractivity contribution in [2.45, 2.75) is 24.7 Å². The van der Waals surface area contributed by atoms with E-state index in [2.05, 4.69) is 231 Å². The third-order valence-electron chi connectivity index (χ3n) is 15.7. The number of nitrogens with zero attached hydrogens (tertiary/aromatic N) is 1. The number of furan rings is 1. The first-order valence-electron chi connectivity index (χ1n) is 24.0. The number of hydrogen-bond donors (Lipinski definition) is 0. The maximum atomic E-state index is 7.25. The van der Waals surface area contributed by atoms with E-state index in [4.69, 9.17) is 9.15 Å². The summed E-state index contributed by atoms with van der Waals surface area (Å²) in [5.41, 5.74) is 19.2. The van der Waals surface area contributed by atoms with Crippen LogP contribution in [0.5, 0.6) is 11.5 Å². The summed E-state index contributed by atoms with van der Waals surface area (Å²) in [6, 6.07) is 82.6. The van der Waals surface area contributed by atoms with Gasteiger partial charge in [-0.15, -0.1) is 0 Å². The van der Waals surface area contributed by atoms with Gasteiger partial charge in [-0.25, -0.2) is 0 Å². The van der Waals surface area contributed by atoms with Crippen molar-refractivity contribution in [3.05, 3.63) is 258 Å². The van der Waals surface area contributed by atoms with Crippen molar-refractivity contribution in [2.24, 2.45) is 0 Å². The summed E-state index contributed by atoms with van der Waals surface area (Å²) in [6.07, 6.45) is 0. The Hall–Kier alpha value is -8.66. The van der Waals surface area contributed by atoms with Gasteiger partial charge in [0.2, 0.25) is 0 Å². The molecule has 324 valence electrons. The number of benzene rings is 11. The van der Waals surface area contributed by atoms with Gasteiger partial charge in [-0.3, -0.25) is 0 Å². The topological polar surface area (TPSA) is 25.6 Å². The zero-order valence-electron chi connectivity index (χ0n) is 38.1. The largest absolute Gasteiger partial charge is 0.456 e. The van der Waals surface area contributed by atoms with Crippen molar-refractivity contribution < 1.29 is 9.15 Å². The minimum absolute atomic E-state index is 0.158. The summed E-state index contributed by atoms with van der Waals surface area (Å²) >= 11 is 0. The highest BCUT2D eigenvalue weighted by Crippen LogP contribution is 2.65. The van der Waals surface area contributed by atoms with E-state index in [1.54, 1.807) is 0 Å². The Morgan fingerprint density at radius 2 is 0.928 bits per heavy atom. The first-order chi connectivity index (χ1) is 34.0. The highest BCUT2D eigenvalue weighted by atomic mass is 16.5. The monoisotopic (exact) mass is 881 g/mol. The van der Waals surface area contributed by atoms with Crippen molar-refractivity contribution in [1.82, 2.24) is 0 Å². The van der Waals surface area contributed by atoms with Crippen LogP contribution < -0.4 is 9.64 Å². The van der Waals surface area contributed by atoms with Crippen LogP contribution in [0.4, 0.5) is 17.1 Å². The van der Waals surface area contributed by atoms with Gasteiger partial charge < -0.3 is 14.1 Å². The molecule has 3 aliphatic rings. The van der Waals surface area contributed by atoms with E-state index >= 15 is 0 Å². The molecule has 2 heterocycles. The normalized spacial score (nSPS) is 14.3. The molecule has 0 saturated carbocycles. The average Bonchev–Trinajstić information content (AvgIpc) is 4.00. The third kappa shape index (κ3) is 5.17. The summed E-state index contributed by atoms with van der Waals surface area (Å²) < 4.78 is 13.5. The lowest BCUT2D eigenvalue weighted by atomic mass is 9.65. The molecule has 0 unspecified atom stereocenters. The molecule has 0 N–H and O–H groups in total. The second-order valence-corrected chi connectivity index (χ2v) is 19.5. The van der Waals surface area contributed by atoms with E-state index in [0.717, 1.165) is 94.3 Å². The molecule has 0 fully saturated rings. The second-order valence-electron chi connectivity index (χ2n) is 19.5. The Morgan fingerprint density at radius 3 is 1.68 bits per heavy atom. The van der Waals surface area contributed by atoms with Gasteiger partial charge >= 0.3 is 0 Å². The van der Waals surface area contributed by atoms with Gasteiger partial charge in [0, 0.05) is 55.0 Å². The number of fused-ring (bicyclic) bond motifs is 19. The minimum atomic E-state index is -0.633.